The van der Waals surface area contributed by atoms with E-state index in [0.29, 0.717) is 24.5 Å². The molecule has 0 aliphatic carbocycles. The molecular weight excluding hydrogens is 1200 g/mol. The molecular formula is C59H49F3N8O8S6. The average molecular weight is 1250 g/mol. The molecule has 0 radical (unpaired) electrons. The third-order valence-electron chi connectivity index (χ3n) is 11.4. The zero-order valence-corrected chi connectivity index (χ0v) is 48.8. The number of amidine groups is 3. The molecule has 0 saturated heterocycles. The van der Waals surface area contributed by atoms with Crippen LogP contribution < -0.4 is 31.4 Å². The summed E-state index contributed by atoms with van der Waals surface area (Å²) in [7, 11) is 0. The fourth-order valence-electron chi connectivity index (χ4n) is 7.50. The van der Waals surface area contributed by atoms with Crippen molar-refractivity contribution in [3.05, 3.63) is 198 Å². The second kappa shape index (κ2) is 29.3. The van der Waals surface area contributed by atoms with Crippen LogP contribution in [0.25, 0.3) is 51.1 Å². The van der Waals surface area contributed by atoms with Gasteiger partial charge in [-0.1, -0.05) is 42.5 Å². The Morgan fingerprint density at radius 3 is 1.86 bits per heavy atom. The largest absolute Gasteiger partial charge is 0.490 e. The number of aliphatic hydroxyl groups excluding tert-OH is 1. The Bertz CT molecular complexity index is 4110. The van der Waals surface area contributed by atoms with E-state index in [2.05, 4.69) is 41.4 Å². The molecule has 0 amide bonds. The Morgan fingerprint density at radius 2 is 1.30 bits per heavy atom. The van der Waals surface area contributed by atoms with E-state index in [1.54, 1.807) is 46.1 Å². The molecule has 12 N–H and O–H groups in total. The molecule has 16 nitrogen and oxygen atoms in total. The van der Waals surface area contributed by atoms with Gasteiger partial charge >= 0.3 is 12.1 Å². The number of halogens is 3. The summed E-state index contributed by atoms with van der Waals surface area (Å²) < 4.78 is 52.8. The van der Waals surface area contributed by atoms with Crippen molar-refractivity contribution >= 4 is 128 Å². The molecule has 0 aliphatic rings. The smallest absolute Gasteiger partial charge is 0.488 e. The van der Waals surface area contributed by atoms with E-state index < -0.39 is 12.1 Å². The van der Waals surface area contributed by atoms with Gasteiger partial charge in [-0.15, -0.1) is 68.0 Å². The normalized spacial score (nSPS) is 11.0. The summed E-state index contributed by atoms with van der Waals surface area (Å²) in [6.07, 6.45) is -3.51. The van der Waals surface area contributed by atoms with E-state index in [-0.39, 0.29) is 36.7 Å². The minimum absolute atomic E-state index is 0.0678. The Kier molecular flexibility index (Phi) is 21.8. The Labute approximate surface area is 501 Å². The van der Waals surface area contributed by atoms with Gasteiger partial charge in [0.25, 0.3) is 6.47 Å². The molecule has 25 heteroatoms. The summed E-state index contributed by atoms with van der Waals surface area (Å²) in [4.78, 5) is 28.5. The number of hydrogen-bond donors (Lipinski definition) is 9. The number of aryl methyl sites for hydroxylation is 1. The zero-order chi connectivity index (χ0) is 60.5. The summed E-state index contributed by atoms with van der Waals surface area (Å²) >= 11 is 9.49. The van der Waals surface area contributed by atoms with Crippen LogP contribution in [-0.2, 0) is 22.8 Å². The van der Waals surface area contributed by atoms with Crippen molar-refractivity contribution in [1.29, 1.82) is 21.5 Å². The summed E-state index contributed by atoms with van der Waals surface area (Å²) in [6, 6.07) is 49.3. The first-order valence-corrected chi connectivity index (χ1v) is 29.4. The lowest BCUT2D eigenvalue weighted by Crippen LogP contribution is -2.21. The van der Waals surface area contributed by atoms with Crippen LogP contribution in [0, 0.1) is 34.5 Å². The number of carboxylic acid groups (broad SMARTS) is 2. The third-order valence-corrected chi connectivity index (χ3v) is 18.0. The molecule has 11 aromatic rings. The number of nitrogen functional groups attached to an aromatic ring is 3. The molecule has 0 spiro atoms. The molecule has 1 atom stereocenters. The standard InChI is InChI=1S/C23H17N3OS.C18H15N3OS3.C15H14N2O2S2.C2HF3O2.CH2O2/c24-13-15-5-7-16(8-6-15)14-27-20-4-2-1-3-19(20)17-9-10-21-18(11-17)12-22(28-21)23(25)26;1-10-21-8-17(23-10)14-5-4-13(24-14)9-22-12-3-2-11-6-16(18(19)20)25-15(11)7-12;16-15(17)14-6-9-3-4-10(7-13(9)21-14)19-11(8-18)12-2-1-5-20-12;3-2(4,5)1(6)7;2-1-3/h1-12H,14H2,(H3,25,26);2-8H,9H2,1H3,(H3,19,20);1-7,11,18H,8H2,(H3,16,17);(H,6,7);1H,(H,2,3). The molecule has 6 heterocycles. The number of nitrogens with two attached hydrogens (primary N) is 3. The topological polar surface area (TPSA) is 309 Å². The average Bonchev–Trinajstić information content (AvgIpc) is 4.53. The van der Waals surface area contributed by atoms with Gasteiger partial charge in [0.1, 0.15) is 48.0 Å². The van der Waals surface area contributed by atoms with Crippen LogP contribution in [0.4, 0.5) is 13.2 Å². The number of carbonyl (C=O) groups is 2. The minimum atomic E-state index is -5.08. The van der Waals surface area contributed by atoms with E-state index in [1.807, 2.05) is 122 Å². The first kappa shape index (κ1) is 62.6. The molecule has 0 aliphatic heterocycles. The number of carboxylic acids is 1. The number of rotatable bonds is 15. The highest BCUT2D eigenvalue weighted by atomic mass is 32.1. The molecule has 84 heavy (non-hydrogen) atoms. The maximum atomic E-state index is 10.6. The molecule has 0 bridgehead atoms. The molecule has 0 saturated carbocycles. The summed E-state index contributed by atoms with van der Waals surface area (Å²) in [5.74, 6) is -0.159. The van der Waals surface area contributed by atoms with Gasteiger partial charge in [0.05, 0.1) is 42.8 Å². The van der Waals surface area contributed by atoms with Gasteiger partial charge in [-0.3, -0.25) is 21.0 Å². The highest BCUT2D eigenvalue weighted by molar-refractivity contribution is 7.22. The van der Waals surface area contributed by atoms with Gasteiger partial charge in [-0.2, -0.15) is 18.4 Å². The Balaban J connectivity index is 0.000000168. The number of thiazole rings is 1. The third kappa shape index (κ3) is 17.3. The number of nitriles is 1. The maximum absolute atomic E-state index is 10.6. The van der Waals surface area contributed by atoms with Crippen molar-refractivity contribution in [2.24, 2.45) is 17.2 Å². The summed E-state index contributed by atoms with van der Waals surface area (Å²) in [5.41, 5.74) is 20.4. The van der Waals surface area contributed by atoms with Crippen molar-refractivity contribution in [2.75, 3.05) is 6.61 Å². The fraction of sp³-hybridized carbons (Fsp3) is 0.102. The number of aliphatic carboxylic acids is 1. The van der Waals surface area contributed by atoms with Crippen molar-refractivity contribution < 1.29 is 52.3 Å². The number of nitrogens with zero attached hydrogens (tertiary/aromatic N) is 2. The van der Waals surface area contributed by atoms with E-state index in [4.69, 9.17) is 72.7 Å². The van der Waals surface area contributed by atoms with Crippen LogP contribution in [0.15, 0.2) is 157 Å². The number of hydrogen-bond acceptors (Lipinski definition) is 17. The number of thiophene rings is 5. The second-order valence-corrected chi connectivity index (χ2v) is 24.0. The van der Waals surface area contributed by atoms with Gasteiger partial charge in [-0.25, -0.2) is 9.78 Å². The number of para-hydroxylation sites is 1. The first-order valence-electron chi connectivity index (χ1n) is 24.4. The number of fused-ring (bicyclic) bond motifs is 3. The number of aliphatic hydroxyl groups is 1. The van der Waals surface area contributed by atoms with Crippen molar-refractivity contribution in [3.63, 3.8) is 0 Å². The summed E-state index contributed by atoms with van der Waals surface area (Å²) in [6.45, 7) is 2.67. The van der Waals surface area contributed by atoms with E-state index in [0.717, 1.165) is 83.0 Å². The van der Waals surface area contributed by atoms with Crippen molar-refractivity contribution in [1.82, 2.24) is 4.98 Å². The lowest BCUT2D eigenvalue weighted by molar-refractivity contribution is -0.192. The lowest BCUT2D eigenvalue weighted by atomic mass is 10.0. The number of nitrogens with one attached hydrogen (secondary N) is 3. The Morgan fingerprint density at radius 1 is 0.702 bits per heavy atom. The van der Waals surface area contributed by atoms with Crippen LogP contribution in [0.1, 0.15) is 46.6 Å². The maximum Gasteiger partial charge on any atom is 0.490 e. The van der Waals surface area contributed by atoms with Gasteiger partial charge in [0.2, 0.25) is 0 Å². The highest BCUT2D eigenvalue weighted by Gasteiger charge is 2.38. The van der Waals surface area contributed by atoms with E-state index in [9.17, 15) is 18.3 Å². The van der Waals surface area contributed by atoms with Crippen LogP contribution in [0.2, 0.25) is 0 Å². The van der Waals surface area contributed by atoms with Crippen molar-refractivity contribution in [3.8, 4) is 44.2 Å². The van der Waals surface area contributed by atoms with Crippen LogP contribution in [0.5, 0.6) is 17.2 Å². The van der Waals surface area contributed by atoms with E-state index >= 15 is 0 Å². The van der Waals surface area contributed by atoms with Crippen LogP contribution in [0.3, 0.4) is 0 Å². The predicted molar refractivity (Wildman–Crippen MR) is 331 cm³/mol. The van der Waals surface area contributed by atoms with Crippen molar-refractivity contribution in [2.45, 2.75) is 32.4 Å². The van der Waals surface area contributed by atoms with Crippen LogP contribution in [-0.4, -0.2) is 63.0 Å². The number of ether oxygens (including phenoxy) is 3. The molecule has 1 unspecified atom stereocenters. The van der Waals surface area contributed by atoms with Gasteiger partial charge < -0.3 is 46.7 Å². The summed E-state index contributed by atoms with van der Waals surface area (Å²) in [5, 5.41) is 61.3. The SMILES string of the molecule is Cc1ncc(-c2ccc(COc3ccc4cc(C(=N)N)sc4c3)s2)s1.N#Cc1ccc(COc2ccccc2-c2ccc3sc(C(=N)N)cc3c2)cc1.N=C(N)c1cc2ccc(OC(CO)c3cccs3)cc2s1.O=C(O)C(F)(F)F.O=CO. The van der Waals surface area contributed by atoms with Crippen LogP contribution >= 0.6 is 68.0 Å². The molecule has 6 aromatic heterocycles. The quantitative estimate of drug-likeness (QED) is 0.0262. The minimum Gasteiger partial charge on any atom is -0.488 e. The Hall–Kier alpha value is -9.00. The van der Waals surface area contributed by atoms with Gasteiger partial charge in [0.15, 0.2) is 6.10 Å². The lowest BCUT2D eigenvalue weighted by Gasteiger charge is -2.15. The molecule has 0 fully saturated rings. The van der Waals surface area contributed by atoms with Gasteiger partial charge in [0, 0.05) is 40.5 Å². The van der Waals surface area contributed by atoms with Gasteiger partial charge in [-0.05, 0) is 143 Å². The first-order chi connectivity index (χ1) is 40.2. The monoisotopic (exact) mass is 1250 g/mol. The fourth-order valence-corrected chi connectivity index (χ4v) is 12.8. The van der Waals surface area contributed by atoms with E-state index in [1.165, 1.54) is 48.6 Å². The highest BCUT2D eigenvalue weighted by Crippen LogP contribution is 2.37. The number of alkyl halides is 3. The molecule has 430 valence electrons. The number of aromatic nitrogens is 1. The molecule has 5 aromatic carbocycles. The zero-order valence-electron chi connectivity index (χ0n) is 43.9. The number of benzene rings is 5. The molecule has 11 rings (SSSR count). The predicted octanol–water partition coefficient (Wildman–Crippen LogP) is 14.3. The second-order valence-electron chi connectivity index (χ2n) is 17.3.